The zero-order valence-electron chi connectivity index (χ0n) is 17.7. The Kier molecular flexibility index (Phi) is 6.92. The summed E-state index contributed by atoms with van der Waals surface area (Å²) in [6.45, 7) is 3.73. The van der Waals surface area contributed by atoms with Crippen molar-refractivity contribution >= 4 is 35.1 Å². The first-order chi connectivity index (χ1) is 15.5. The molecule has 9 heteroatoms. The molecule has 1 amide bonds. The van der Waals surface area contributed by atoms with Crippen molar-refractivity contribution in [3.63, 3.8) is 0 Å². The number of carbonyl (C=O) groups is 1. The number of anilines is 1. The molecule has 0 saturated heterocycles. The van der Waals surface area contributed by atoms with Gasteiger partial charge in [-0.2, -0.15) is 0 Å². The smallest absolute Gasteiger partial charge is 0.239 e. The molecule has 2 heterocycles. The summed E-state index contributed by atoms with van der Waals surface area (Å²) in [5.41, 5.74) is 2.01. The molecule has 2 aromatic heterocycles. The van der Waals surface area contributed by atoms with Crippen molar-refractivity contribution in [2.24, 2.45) is 0 Å². The third kappa shape index (κ3) is 5.20. The van der Waals surface area contributed by atoms with Gasteiger partial charge in [-0.05, 0) is 43.2 Å². The Balaban J connectivity index is 1.63. The first-order valence-electron chi connectivity index (χ1n) is 10.2. The van der Waals surface area contributed by atoms with Gasteiger partial charge in [-0.25, -0.2) is 0 Å². The molecule has 2 aromatic carbocycles. The Morgan fingerprint density at radius 1 is 1.16 bits per heavy atom. The summed E-state index contributed by atoms with van der Waals surface area (Å²) in [5, 5.41) is 16.4. The number of halogens is 1. The fourth-order valence-electron chi connectivity index (χ4n) is 3.20. The van der Waals surface area contributed by atoms with E-state index < -0.39 is 0 Å². The van der Waals surface area contributed by atoms with Crippen molar-refractivity contribution in [2.45, 2.75) is 37.1 Å². The van der Waals surface area contributed by atoms with Gasteiger partial charge in [0, 0.05) is 23.2 Å². The summed E-state index contributed by atoms with van der Waals surface area (Å²) in [5.74, 6) is 1.65. The van der Waals surface area contributed by atoms with E-state index in [9.17, 15) is 4.79 Å². The van der Waals surface area contributed by atoms with Crippen molar-refractivity contribution in [1.82, 2.24) is 19.9 Å². The first-order valence-corrected chi connectivity index (χ1v) is 11.4. The van der Waals surface area contributed by atoms with E-state index in [2.05, 4.69) is 32.8 Å². The number of nitrogens with one attached hydrogen (secondary N) is 1. The number of nitrogens with zero attached hydrogens (tertiary/aromatic N) is 4. The summed E-state index contributed by atoms with van der Waals surface area (Å²) in [4.78, 5) is 12.9. The van der Waals surface area contributed by atoms with Gasteiger partial charge < -0.3 is 9.84 Å². The number of hydrogen-bond acceptors (Lipinski definition) is 6. The molecule has 32 heavy (non-hydrogen) atoms. The van der Waals surface area contributed by atoms with Crippen molar-refractivity contribution in [2.75, 3.05) is 5.32 Å². The van der Waals surface area contributed by atoms with Crippen LogP contribution in [0.15, 0.2) is 70.3 Å². The molecule has 1 atom stereocenters. The van der Waals surface area contributed by atoms with Gasteiger partial charge in [-0.1, -0.05) is 65.8 Å². The highest BCUT2D eigenvalue weighted by Crippen LogP contribution is 2.29. The average Bonchev–Trinajstić information content (AvgIpc) is 3.38. The van der Waals surface area contributed by atoms with Crippen molar-refractivity contribution < 1.29 is 9.32 Å². The van der Waals surface area contributed by atoms with Gasteiger partial charge in [0.25, 0.3) is 0 Å². The largest absolute Gasteiger partial charge is 0.360 e. The van der Waals surface area contributed by atoms with E-state index in [1.807, 2.05) is 54.0 Å². The van der Waals surface area contributed by atoms with E-state index in [1.165, 1.54) is 11.8 Å². The molecule has 0 saturated carbocycles. The Bertz CT molecular complexity index is 1190. The van der Waals surface area contributed by atoms with Gasteiger partial charge in [-0.3, -0.25) is 9.36 Å². The number of rotatable bonds is 8. The zero-order valence-corrected chi connectivity index (χ0v) is 19.2. The first kappa shape index (κ1) is 22.1. The van der Waals surface area contributed by atoms with Crippen LogP contribution in [0.4, 0.5) is 5.82 Å². The van der Waals surface area contributed by atoms with Crippen LogP contribution in [0.1, 0.15) is 30.5 Å². The number of amides is 1. The van der Waals surface area contributed by atoms with E-state index in [4.69, 9.17) is 16.1 Å². The second-order valence-corrected chi connectivity index (χ2v) is 8.81. The summed E-state index contributed by atoms with van der Waals surface area (Å²) in [6, 6.07) is 19.3. The van der Waals surface area contributed by atoms with Gasteiger partial charge in [-0.15, -0.1) is 10.2 Å². The molecule has 0 aliphatic rings. The second-order valence-electron chi connectivity index (χ2n) is 7.20. The molecule has 4 rings (SSSR count). The molecule has 0 aliphatic carbocycles. The number of aromatic nitrogens is 4. The molecule has 0 radical (unpaired) electrons. The minimum Gasteiger partial charge on any atom is -0.360 e. The molecular formula is C23H22ClN5O2S. The number of carbonyl (C=O) groups excluding carboxylic acids is 1. The lowest BCUT2D eigenvalue weighted by atomic mass is 10.1. The Labute approximate surface area is 195 Å². The number of benzene rings is 2. The van der Waals surface area contributed by atoms with Gasteiger partial charge in [0.15, 0.2) is 11.0 Å². The van der Waals surface area contributed by atoms with Crippen molar-refractivity contribution in [3.05, 3.63) is 82.8 Å². The monoisotopic (exact) mass is 467 g/mol. The van der Waals surface area contributed by atoms with Gasteiger partial charge in [0.05, 0.1) is 5.25 Å². The van der Waals surface area contributed by atoms with Crippen LogP contribution in [0, 0.1) is 6.92 Å². The summed E-state index contributed by atoms with van der Waals surface area (Å²) >= 11 is 7.46. The lowest BCUT2D eigenvalue weighted by molar-refractivity contribution is -0.115. The molecule has 4 aromatic rings. The predicted octanol–water partition coefficient (Wildman–Crippen LogP) is 5.32. The zero-order chi connectivity index (χ0) is 22.5. The summed E-state index contributed by atoms with van der Waals surface area (Å²) < 4.78 is 7.01. The normalized spacial score (nSPS) is 12.0. The van der Waals surface area contributed by atoms with Gasteiger partial charge in [0.2, 0.25) is 5.91 Å². The van der Waals surface area contributed by atoms with Crippen LogP contribution in [0.3, 0.4) is 0 Å². The second kappa shape index (κ2) is 10.0. The molecule has 0 spiro atoms. The highest BCUT2D eigenvalue weighted by Gasteiger charge is 2.24. The SMILES string of the molecule is CCC(Sc1nnc(Cc2ccccc2)n1-c1ccc(Cl)cc1)C(=O)Nc1cc(C)on1. The van der Waals surface area contributed by atoms with Crippen LogP contribution in [0.25, 0.3) is 5.69 Å². The van der Waals surface area contributed by atoms with E-state index in [-0.39, 0.29) is 11.2 Å². The van der Waals surface area contributed by atoms with Crippen molar-refractivity contribution in [3.8, 4) is 5.69 Å². The Hall–Kier alpha value is -3.10. The van der Waals surface area contributed by atoms with Crippen molar-refractivity contribution in [1.29, 1.82) is 0 Å². The van der Waals surface area contributed by atoms with E-state index >= 15 is 0 Å². The molecule has 164 valence electrons. The molecule has 0 bridgehead atoms. The lowest BCUT2D eigenvalue weighted by Gasteiger charge is -2.15. The van der Waals surface area contributed by atoms with Crippen LogP contribution in [0.2, 0.25) is 5.02 Å². The third-order valence-electron chi connectivity index (χ3n) is 4.78. The Morgan fingerprint density at radius 2 is 1.91 bits per heavy atom. The number of aryl methyl sites for hydroxylation is 1. The fourth-order valence-corrected chi connectivity index (χ4v) is 4.32. The number of hydrogen-bond donors (Lipinski definition) is 1. The molecule has 1 N–H and O–H groups in total. The topological polar surface area (TPSA) is 85.8 Å². The molecule has 7 nitrogen and oxygen atoms in total. The maximum Gasteiger partial charge on any atom is 0.239 e. The molecule has 1 unspecified atom stereocenters. The van der Waals surface area contributed by atoms with Crippen LogP contribution in [-0.4, -0.2) is 31.1 Å². The quantitative estimate of drug-likeness (QED) is 0.353. The van der Waals surface area contributed by atoms with E-state index in [0.717, 1.165) is 17.1 Å². The van der Waals surface area contributed by atoms with E-state index in [1.54, 1.807) is 13.0 Å². The third-order valence-corrected chi connectivity index (χ3v) is 6.34. The standard InChI is InChI=1S/C23H22ClN5O2S/c1-3-19(22(30)25-20-13-15(2)31-28-20)32-23-27-26-21(14-16-7-5-4-6-8-16)29(23)18-11-9-17(24)10-12-18/h4-13,19H,3,14H2,1-2H3,(H,25,28,30). The summed E-state index contributed by atoms with van der Waals surface area (Å²) in [6.07, 6.45) is 1.22. The molecule has 0 aliphatic heterocycles. The average molecular weight is 468 g/mol. The maximum absolute atomic E-state index is 12.9. The minimum atomic E-state index is -0.383. The van der Waals surface area contributed by atoms with Crippen LogP contribution >= 0.6 is 23.4 Å². The molecule has 0 fully saturated rings. The van der Waals surface area contributed by atoms with Gasteiger partial charge >= 0.3 is 0 Å². The maximum atomic E-state index is 12.9. The van der Waals surface area contributed by atoms with E-state index in [0.29, 0.717) is 34.6 Å². The fraction of sp³-hybridized carbons (Fsp3) is 0.217. The summed E-state index contributed by atoms with van der Waals surface area (Å²) in [7, 11) is 0. The Morgan fingerprint density at radius 3 is 2.56 bits per heavy atom. The van der Waals surface area contributed by atoms with Crippen LogP contribution < -0.4 is 5.32 Å². The van der Waals surface area contributed by atoms with Crippen LogP contribution in [-0.2, 0) is 11.2 Å². The predicted molar refractivity (Wildman–Crippen MR) is 125 cm³/mol. The minimum absolute atomic E-state index is 0.166. The highest BCUT2D eigenvalue weighted by atomic mass is 35.5. The van der Waals surface area contributed by atoms with Crippen LogP contribution in [0.5, 0.6) is 0 Å². The lowest BCUT2D eigenvalue weighted by Crippen LogP contribution is -2.25. The highest BCUT2D eigenvalue weighted by molar-refractivity contribution is 8.00. The number of thioether (sulfide) groups is 1. The molecular weight excluding hydrogens is 446 g/mol. The van der Waals surface area contributed by atoms with Gasteiger partial charge in [0.1, 0.15) is 11.6 Å².